The zero-order valence-corrected chi connectivity index (χ0v) is 13.4. The number of aliphatic hydroxyl groups is 1. The fraction of sp³-hybridized carbons (Fsp3) is 0.444. The summed E-state index contributed by atoms with van der Waals surface area (Å²) < 4.78 is 10.1. The molecule has 2 rings (SSSR count). The van der Waals surface area contributed by atoms with E-state index >= 15 is 0 Å². The second kappa shape index (κ2) is 7.92. The summed E-state index contributed by atoms with van der Waals surface area (Å²) in [5.74, 6) is -0.706. The molecule has 0 heterocycles. The third-order valence-corrected chi connectivity index (χ3v) is 4.06. The number of hydrogen-bond donors (Lipinski definition) is 1. The summed E-state index contributed by atoms with van der Waals surface area (Å²) in [6, 6.07) is 8.73. The van der Waals surface area contributed by atoms with Crippen LogP contribution in [0.4, 0.5) is 0 Å². The third kappa shape index (κ3) is 4.66. The van der Waals surface area contributed by atoms with Crippen LogP contribution in [0.1, 0.15) is 36.5 Å². The lowest BCUT2D eigenvalue weighted by atomic mass is 9.84. The Kier molecular flexibility index (Phi) is 5.93. The quantitative estimate of drug-likeness (QED) is 0.682. The molecule has 1 aromatic carbocycles. The fourth-order valence-electron chi connectivity index (χ4n) is 2.80. The molecule has 1 N–H and O–H groups in total. The monoisotopic (exact) mass is 318 g/mol. The van der Waals surface area contributed by atoms with E-state index in [0.29, 0.717) is 24.0 Å². The number of allylic oxidation sites excluding steroid dienone is 1. The third-order valence-electron chi connectivity index (χ3n) is 4.06. The Morgan fingerprint density at radius 1 is 1.22 bits per heavy atom. The van der Waals surface area contributed by atoms with Gasteiger partial charge in [0.1, 0.15) is 6.10 Å². The van der Waals surface area contributed by atoms with Crippen molar-refractivity contribution in [3.8, 4) is 0 Å². The Morgan fingerprint density at radius 3 is 2.52 bits per heavy atom. The number of carbonyl (C=O) groups is 2. The van der Waals surface area contributed by atoms with Crippen molar-refractivity contribution in [3.05, 3.63) is 47.5 Å². The van der Waals surface area contributed by atoms with E-state index in [0.717, 1.165) is 6.42 Å². The second-order valence-electron chi connectivity index (χ2n) is 5.79. The van der Waals surface area contributed by atoms with E-state index in [2.05, 4.69) is 4.74 Å². The number of esters is 2. The first-order chi connectivity index (χ1) is 11.0. The fourth-order valence-corrected chi connectivity index (χ4v) is 2.80. The van der Waals surface area contributed by atoms with Crippen molar-refractivity contribution >= 4 is 11.9 Å². The van der Waals surface area contributed by atoms with Gasteiger partial charge >= 0.3 is 11.9 Å². The van der Waals surface area contributed by atoms with Crippen LogP contribution >= 0.6 is 0 Å². The number of ether oxygens (including phenoxy) is 2. The molecule has 23 heavy (non-hydrogen) atoms. The average molecular weight is 318 g/mol. The Balaban J connectivity index is 1.92. The molecule has 1 saturated carbocycles. The number of methoxy groups -OCH3 is 1. The smallest absolute Gasteiger partial charge is 0.338 e. The summed E-state index contributed by atoms with van der Waals surface area (Å²) in [6.07, 6.45) is 2.35. The second-order valence-corrected chi connectivity index (χ2v) is 5.79. The van der Waals surface area contributed by atoms with Crippen LogP contribution in [0.25, 0.3) is 0 Å². The summed E-state index contributed by atoms with van der Waals surface area (Å²) in [6.45, 7) is 1.69. The van der Waals surface area contributed by atoms with E-state index in [1.54, 1.807) is 31.2 Å². The molecule has 1 aliphatic rings. The molecular weight excluding hydrogens is 296 g/mol. The van der Waals surface area contributed by atoms with Crippen LogP contribution in [0, 0.1) is 5.92 Å². The summed E-state index contributed by atoms with van der Waals surface area (Å²) >= 11 is 0. The molecule has 0 spiro atoms. The van der Waals surface area contributed by atoms with Gasteiger partial charge in [-0.25, -0.2) is 9.59 Å². The minimum Gasteiger partial charge on any atom is -0.466 e. The molecule has 0 aromatic heterocycles. The summed E-state index contributed by atoms with van der Waals surface area (Å²) in [4.78, 5) is 23.5. The van der Waals surface area contributed by atoms with Crippen LogP contribution in [0.15, 0.2) is 42.0 Å². The summed E-state index contributed by atoms with van der Waals surface area (Å²) in [7, 11) is 1.34. The predicted molar refractivity (Wildman–Crippen MR) is 84.8 cm³/mol. The first kappa shape index (κ1) is 17.2. The first-order valence-electron chi connectivity index (χ1n) is 7.72. The highest BCUT2D eigenvalue weighted by Crippen LogP contribution is 2.29. The zero-order chi connectivity index (χ0) is 16.8. The van der Waals surface area contributed by atoms with Crippen LogP contribution in [-0.4, -0.2) is 36.4 Å². The van der Waals surface area contributed by atoms with Crippen molar-refractivity contribution in [2.75, 3.05) is 7.11 Å². The number of hydrogen-bond acceptors (Lipinski definition) is 5. The molecule has 124 valence electrons. The van der Waals surface area contributed by atoms with Gasteiger partial charge in [0.05, 0.1) is 18.8 Å². The topological polar surface area (TPSA) is 72.8 Å². The van der Waals surface area contributed by atoms with Gasteiger partial charge in [-0.2, -0.15) is 0 Å². The number of carbonyl (C=O) groups excluding carboxylic acids is 2. The van der Waals surface area contributed by atoms with Crippen molar-refractivity contribution in [2.45, 2.75) is 38.4 Å². The lowest BCUT2D eigenvalue weighted by Crippen LogP contribution is -2.37. The van der Waals surface area contributed by atoms with Crippen LogP contribution in [0.2, 0.25) is 0 Å². The lowest BCUT2D eigenvalue weighted by Gasteiger charge is -2.31. The number of rotatable bonds is 4. The van der Waals surface area contributed by atoms with Crippen LogP contribution in [-0.2, 0) is 14.3 Å². The average Bonchev–Trinajstić information content (AvgIpc) is 2.57. The van der Waals surface area contributed by atoms with E-state index in [4.69, 9.17) is 4.74 Å². The van der Waals surface area contributed by atoms with Gasteiger partial charge in [0.25, 0.3) is 0 Å². The Hall–Kier alpha value is -2.14. The summed E-state index contributed by atoms with van der Waals surface area (Å²) in [5, 5.41) is 10.2. The van der Waals surface area contributed by atoms with Gasteiger partial charge in [0.15, 0.2) is 0 Å². The molecule has 3 unspecified atom stereocenters. The minimum absolute atomic E-state index is 0.0794. The highest BCUT2D eigenvalue weighted by atomic mass is 16.6. The maximum absolute atomic E-state index is 12.0. The van der Waals surface area contributed by atoms with Gasteiger partial charge < -0.3 is 14.6 Å². The molecule has 5 nitrogen and oxygen atoms in total. The Labute approximate surface area is 135 Å². The maximum atomic E-state index is 12.0. The normalized spacial score (nSPS) is 24.8. The molecule has 3 atom stereocenters. The zero-order valence-electron chi connectivity index (χ0n) is 13.4. The van der Waals surface area contributed by atoms with Crippen molar-refractivity contribution in [3.63, 3.8) is 0 Å². The molecule has 1 aliphatic carbocycles. The van der Waals surface area contributed by atoms with Gasteiger partial charge in [-0.15, -0.1) is 0 Å². The van der Waals surface area contributed by atoms with Gasteiger partial charge in [0.2, 0.25) is 0 Å². The van der Waals surface area contributed by atoms with Crippen LogP contribution in [0.5, 0.6) is 0 Å². The van der Waals surface area contributed by atoms with Crippen LogP contribution in [0.3, 0.4) is 0 Å². The molecule has 0 aliphatic heterocycles. The Bertz CT molecular complexity index is 578. The van der Waals surface area contributed by atoms with E-state index in [9.17, 15) is 14.7 Å². The standard InChI is InChI=1S/C18H22O5/c1-12(17(20)22-2)10-13-8-9-16(15(19)11-13)23-18(21)14-6-4-3-5-7-14/h3-7,10,13,15-16,19H,8-9,11H2,1-2H3. The Morgan fingerprint density at radius 2 is 1.91 bits per heavy atom. The molecule has 1 aromatic rings. The van der Waals surface area contributed by atoms with Crippen LogP contribution < -0.4 is 0 Å². The lowest BCUT2D eigenvalue weighted by molar-refractivity contribution is -0.136. The molecule has 1 fully saturated rings. The highest BCUT2D eigenvalue weighted by molar-refractivity contribution is 5.89. The van der Waals surface area contributed by atoms with E-state index < -0.39 is 18.2 Å². The molecule has 5 heteroatoms. The highest BCUT2D eigenvalue weighted by Gasteiger charge is 2.31. The first-order valence-corrected chi connectivity index (χ1v) is 7.72. The van der Waals surface area contributed by atoms with Gasteiger partial charge in [0, 0.05) is 5.57 Å². The minimum atomic E-state index is -0.733. The van der Waals surface area contributed by atoms with E-state index in [-0.39, 0.29) is 11.9 Å². The van der Waals surface area contributed by atoms with E-state index in [1.165, 1.54) is 7.11 Å². The predicted octanol–water partition coefficient (Wildman–Crippen LogP) is 2.49. The van der Waals surface area contributed by atoms with Gasteiger partial charge in [-0.1, -0.05) is 24.3 Å². The van der Waals surface area contributed by atoms with Gasteiger partial charge in [-0.3, -0.25) is 0 Å². The van der Waals surface area contributed by atoms with Crippen molar-refractivity contribution in [1.82, 2.24) is 0 Å². The van der Waals surface area contributed by atoms with E-state index in [1.807, 2.05) is 12.1 Å². The largest absolute Gasteiger partial charge is 0.466 e. The van der Waals surface area contributed by atoms with Crippen molar-refractivity contribution < 1.29 is 24.2 Å². The molecule has 0 amide bonds. The number of aliphatic hydroxyl groups excluding tert-OH is 1. The molecule has 0 saturated heterocycles. The SMILES string of the molecule is COC(=O)C(C)=CC1CCC(OC(=O)c2ccccc2)C(O)C1. The van der Waals surface area contributed by atoms with Crippen molar-refractivity contribution in [2.24, 2.45) is 5.92 Å². The summed E-state index contributed by atoms with van der Waals surface area (Å²) in [5.41, 5.74) is 1.01. The molecule has 0 bridgehead atoms. The van der Waals surface area contributed by atoms with Gasteiger partial charge in [-0.05, 0) is 44.2 Å². The maximum Gasteiger partial charge on any atom is 0.338 e. The van der Waals surface area contributed by atoms with Crippen molar-refractivity contribution in [1.29, 1.82) is 0 Å². The molecular formula is C18H22O5. The molecule has 0 radical (unpaired) electrons. The number of benzene rings is 1.